The first-order valence-corrected chi connectivity index (χ1v) is 9.46. The molecule has 0 saturated carbocycles. The quantitative estimate of drug-likeness (QED) is 0.445. The van der Waals surface area contributed by atoms with Gasteiger partial charge in [0.05, 0.1) is 0 Å². The van der Waals surface area contributed by atoms with Crippen molar-refractivity contribution in [2.75, 3.05) is 0 Å². The van der Waals surface area contributed by atoms with E-state index in [1.54, 1.807) is 38.1 Å². The first-order valence-electron chi connectivity index (χ1n) is 9.09. The zero-order chi connectivity index (χ0) is 20.9. The first kappa shape index (κ1) is 21.6. The maximum absolute atomic E-state index is 12.8. The Labute approximate surface area is 169 Å². The largest absolute Gasteiger partial charge is 0.481 e. The molecule has 28 heavy (non-hydrogen) atoms. The molecule has 2 aromatic carbocycles. The Morgan fingerprint density at radius 2 is 1.29 bits per heavy atom. The number of carboxylic acids is 2. The summed E-state index contributed by atoms with van der Waals surface area (Å²) in [7, 11) is 0. The van der Waals surface area contributed by atoms with Crippen molar-refractivity contribution in [1.82, 2.24) is 0 Å². The molecule has 6 heteroatoms. The van der Waals surface area contributed by atoms with Gasteiger partial charge in [-0.1, -0.05) is 61.8 Å². The van der Waals surface area contributed by atoms with Crippen LogP contribution in [0.5, 0.6) is 0 Å². The fourth-order valence-corrected chi connectivity index (χ4v) is 3.68. The number of rotatable bonds is 9. The van der Waals surface area contributed by atoms with Gasteiger partial charge in [-0.05, 0) is 36.1 Å². The Hall–Kier alpha value is -2.66. The zero-order valence-corrected chi connectivity index (χ0v) is 16.6. The molecule has 148 valence electrons. The molecule has 0 aliphatic heterocycles. The monoisotopic (exact) mass is 402 g/mol. The van der Waals surface area contributed by atoms with E-state index in [-0.39, 0.29) is 25.0 Å². The molecule has 0 spiro atoms. The maximum atomic E-state index is 12.8. The van der Waals surface area contributed by atoms with Crippen molar-refractivity contribution in [2.24, 2.45) is 11.3 Å². The molecule has 2 aromatic rings. The van der Waals surface area contributed by atoms with E-state index in [1.165, 1.54) is 0 Å². The fraction of sp³-hybridized carbons (Fsp3) is 0.318. The molecule has 2 N–H and O–H groups in total. The minimum absolute atomic E-state index is 0.135. The van der Waals surface area contributed by atoms with Crippen LogP contribution >= 0.6 is 11.6 Å². The summed E-state index contributed by atoms with van der Waals surface area (Å²) in [5.41, 5.74) is 1.17. The SMILES string of the molecule is CCC(CC)(CC(=O)c1ccc(-c2ccc(Cl)cc2)cc1)C(C(=O)O)C(=O)O. The van der Waals surface area contributed by atoms with Crippen LogP contribution in [0.2, 0.25) is 5.02 Å². The summed E-state index contributed by atoms with van der Waals surface area (Å²) in [6.45, 7) is 3.44. The van der Waals surface area contributed by atoms with E-state index in [9.17, 15) is 24.6 Å². The maximum Gasteiger partial charge on any atom is 0.318 e. The van der Waals surface area contributed by atoms with Crippen molar-refractivity contribution in [3.05, 3.63) is 59.1 Å². The molecule has 0 fully saturated rings. The minimum atomic E-state index is -1.63. The standard InChI is InChI=1S/C22H23ClO5/c1-3-22(4-2,19(20(25)26)21(27)28)13-18(24)16-7-5-14(6-8-16)15-9-11-17(23)12-10-15/h5-12,19H,3-4,13H2,1-2H3,(H,25,26)(H,27,28). The highest BCUT2D eigenvalue weighted by atomic mass is 35.5. The molecule has 0 bridgehead atoms. The van der Waals surface area contributed by atoms with E-state index in [2.05, 4.69) is 0 Å². The molecule has 0 unspecified atom stereocenters. The third-order valence-corrected chi connectivity index (χ3v) is 5.66. The topological polar surface area (TPSA) is 91.7 Å². The number of Topliss-reactive ketones (excluding diaryl/α,β-unsaturated/α-hetero) is 1. The van der Waals surface area contributed by atoms with Crippen LogP contribution in [0.4, 0.5) is 0 Å². The van der Waals surface area contributed by atoms with E-state index in [1.807, 2.05) is 24.3 Å². The highest BCUT2D eigenvalue weighted by Crippen LogP contribution is 2.40. The van der Waals surface area contributed by atoms with Crippen LogP contribution in [0.1, 0.15) is 43.5 Å². The molecule has 0 atom stereocenters. The number of aliphatic carboxylic acids is 2. The summed E-state index contributed by atoms with van der Waals surface area (Å²) in [6.07, 6.45) is 0.423. The van der Waals surface area contributed by atoms with Gasteiger partial charge in [0.15, 0.2) is 11.7 Å². The smallest absolute Gasteiger partial charge is 0.318 e. The Bertz CT molecular complexity index is 838. The lowest BCUT2D eigenvalue weighted by atomic mass is 9.67. The number of carbonyl (C=O) groups is 3. The van der Waals surface area contributed by atoms with E-state index >= 15 is 0 Å². The molecule has 5 nitrogen and oxygen atoms in total. The van der Waals surface area contributed by atoms with Gasteiger partial charge < -0.3 is 10.2 Å². The average molecular weight is 403 g/mol. The van der Waals surface area contributed by atoms with Crippen molar-refractivity contribution < 1.29 is 24.6 Å². The Morgan fingerprint density at radius 1 is 0.857 bits per heavy atom. The van der Waals surface area contributed by atoms with Crippen LogP contribution in [0.25, 0.3) is 11.1 Å². The van der Waals surface area contributed by atoms with E-state index in [0.717, 1.165) is 11.1 Å². The summed E-state index contributed by atoms with van der Waals surface area (Å²) in [5.74, 6) is -4.72. The first-order chi connectivity index (χ1) is 13.2. The molecular formula is C22H23ClO5. The number of carbonyl (C=O) groups excluding carboxylic acids is 1. The van der Waals surface area contributed by atoms with Gasteiger partial charge in [0.25, 0.3) is 0 Å². The van der Waals surface area contributed by atoms with Crippen LogP contribution in [0.15, 0.2) is 48.5 Å². The molecule has 0 aromatic heterocycles. The minimum Gasteiger partial charge on any atom is -0.481 e. The van der Waals surface area contributed by atoms with E-state index in [0.29, 0.717) is 10.6 Å². The van der Waals surface area contributed by atoms with Gasteiger partial charge >= 0.3 is 11.9 Å². The number of hydrogen-bond acceptors (Lipinski definition) is 3. The second-order valence-electron chi connectivity index (χ2n) is 6.86. The van der Waals surface area contributed by atoms with Gasteiger partial charge in [-0.15, -0.1) is 0 Å². The summed E-state index contributed by atoms with van der Waals surface area (Å²) < 4.78 is 0. The van der Waals surface area contributed by atoms with Gasteiger partial charge in [-0.3, -0.25) is 14.4 Å². The predicted molar refractivity (Wildman–Crippen MR) is 108 cm³/mol. The highest BCUT2D eigenvalue weighted by Gasteiger charge is 2.46. The molecule has 0 saturated heterocycles. The van der Waals surface area contributed by atoms with Gasteiger partial charge in [0, 0.05) is 22.4 Å². The number of benzene rings is 2. The summed E-state index contributed by atoms with van der Waals surface area (Å²) in [5, 5.41) is 19.4. The lowest BCUT2D eigenvalue weighted by molar-refractivity contribution is -0.161. The number of halogens is 1. The van der Waals surface area contributed by atoms with Crippen molar-refractivity contribution in [1.29, 1.82) is 0 Å². The average Bonchev–Trinajstić information content (AvgIpc) is 2.67. The van der Waals surface area contributed by atoms with E-state index < -0.39 is 23.3 Å². The summed E-state index contributed by atoms with van der Waals surface area (Å²) >= 11 is 5.90. The highest BCUT2D eigenvalue weighted by molar-refractivity contribution is 6.30. The molecule has 0 aliphatic carbocycles. The molecule has 0 radical (unpaired) electrons. The predicted octanol–water partition coefficient (Wildman–Crippen LogP) is 5.17. The van der Waals surface area contributed by atoms with Gasteiger partial charge in [-0.2, -0.15) is 0 Å². The fourth-order valence-electron chi connectivity index (χ4n) is 3.55. The second-order valence-corrected chi connectivity index (χ2v) is 7.30. The van der Waals surface area contributed by atoms with Crippen LogP contribution in [0.3, 0.4) is 0 Å². The van der Waals surface area contributed by atoms with Crippen molar-refractivity contribution in [3.8, 4) is 11.1 Å². The third kappa shape index (κ3) is 4.60. The molecule has 0 amide bonds. The van der Waals surface area contributed by atoms with Crippen LogP contribution in [-0.4, -0.2) is 27.9 Å². The third-order valence-electron chi connectivity index (χ3n) is 5.41. The zero-order valence-electron chi connectivity index (χ0n) is 15.8. The number of carboxylic acid groups (broad SMARTS) is 2. The van der Waals surface area contributed by atoms with Crippen molar-refractivity contribution >= 4 is 29.3 Å². The molecule has 0 aliphatic rings. The lowest BCUT2D eigenvalue weighted by Gasteiger charge is -2.34. The molecule has 2 rings (SSSR count). The van der Waals surface area contributed by atoms with Crippen LogP contribution < -0.4 is 0 Å². The Kier molecular flexibility index (Phi) is 6.97. The van der Waals surface area contributed by atoms with Crippen LogP contribution in [-0.2, 0) is 9.59 Å². The van der Waals surface area contributed by atoms with Gasteiger partial charge in [-0.25, -0.2) is 0 Å². The molecular weight excluding hydrogens is 380 g/mol. The Balaban J connectivity index is 2.27. The molecule has 0 heterocycles. The van der Waals surface area contributed by atoms with Gasteiger partial charge in [0.2, 0.25) is 0 Å². The number of hydrogen-bond donors (Lipinski definition) is 2. The normalized spacial score (nSPS) is 11.4. The van der Waals surface area contributed by atoms with Crippen LogP contribution in [0, 0.1) is 11.3 Å². The van der Waals surface area contributed by atoms with Crippen molar-refractivity contribution in [2.45, 2.75) is 33.1 Å². The second kappa shape index (κ2) is 9.02. The number of ketones is 1. The lowest BCUT2D eigenvalue weighted by Crippen LogP contribution is -2.42. The summed E-state index contributed by atoms with van der Waals surface area (Å²) in [6, 6.07) is 14.3. The van der Waals surface area contributed by atoms with Crippen molar-refractivity contribution in [3.63, 3.8) is 0 Å². The van der Waals surface area contributed by atoms with E-state index in [4.69, 9.17) is 11.6 Å². The Morgan fingerprint density at radius 3 is 1.68 bits per heavy atom. The summed E-state index contributed by atoms with van der Waals surface area (Å²) in [4.78, 5) is 35.9. The van der Waals surface area contributed by atoms with Gasteiger partial charge in [0.1, 0.15) is 0 Å².